The highest BCUT2D eigenvalue weighted by molar-refractivity contribution is 6.30. The van der Waals surface area contributed by atoms with Crippen LogP contribution in [0.15, 0.2) is 54.6 Å². The molecule has 0 fully saturated rings. The topological polar surface area (TPSA) is 95.2 Å². The van der Waals surface area contributed by atoms with Crippen LogP contribution in [0, 0.1) is 0 Å². The van der Waals surface area contributed by atoms with Gasteiger partial charge in [0.2, 0.25) is 0 Å². The van der Waals surface area contributed by atoms with Gasteiger partial charge in [-0.25, -0.2) is 0 Å². The molecule has 36 heavy (non-hydrogen) atoms. The maximum absolute atomic E-state index is 11.7. The lowest BCUT2D eigenvalue weighted by Gasteiger charge is -2.31. The number of aromatic nitrogens is 1. The van der Waals surface area contributed by atoms with Gasteiger partial charge < -0.3 is 20.1 Å². The lowest BCUT2D eigenvalue weighted by molar-refractivity contribution is -0.138. The number of rotatable bonds is 14. The van der Waals surface area contributed by atoms with Gasteiger partial charge in [-0.3, -0.25) is 14.3 Å². The van der Waals surface area contributed by atoms with Crippen molar-refractivity contribution in [2.24, 2.45) is 0 Å². The standard InChI is InChI=1S/C28H35ClN2O5/c1-3-4-15-30(24(18-28(34)35)21-9-11-23(29)12-10-21)19-20-7-8-22(25(17-20)36-2)6-5-16-31-26(32)13-14-27(31)33/h7-14,17,24,32-33H,3-6,15-16,18-19H2,1-2H3,(H,34,35). The van der Waals surface area contributed by atoms with E-state index in [1.165, 1.54) is 16.7 Å². The second kappa shape index (κ2) is 13.2. The van der Waals surface area contributed by atoms with Crippen LogP contribution in [-0.4, -0.2) is 44.4 Å². The third-order valence-corrected chi connectivity index (χ3v) is 6.61. The van der Waals surface area contributed by atoms with Crippen LogP contribution in [0.3, 0.4) is 0 Å². The van der Waals surface area contributed by atoms with E-state index in [0.29, 0.717) is 31.0 Å². The summed E-state index contributed by atoms with van der Waals surface area (Å²) in [5.41, 5.74) is 3.00. The quantitative estimate of drug-likeness (QED) is 0.244. The predicted molar refractivity (Wildman–Crippen MR) is 141 cm³/mol. The molecule has 0 aliphatic rings. The van der Waals surface area contributed by atoms with E-state index in [4.69, 9.17) is 16.3 Å². The van der Waals surface area contributed by atoms with Crippen LogP contribution in [0.4, 0.5) is 0 Å². The summed E-state index contributed by atoms with van der Waals surface area (Å²) in [4.78, 5) is 14.0. The molecule has 1 unspecified atom stereocenters. The number of methoxy groups -OCH3 is 1. The highest BCUT2D eigenvalue weighted by atomic mass is 35.5. The minimum atomic E-state index is -0.843. The van der Waals surface area contributed by atoms with E-state index in [1.807, 2.05) is 24.3 Å². The maximum Gasteiger partial charge on any atom is 0.305 e. The van der Waals surface area contributed by atoms with E-state index >= 15 is 0 Å². The van der Waals surface area contributed by atoms with E-state index in [1.54, 1.807) is 19.2 Å². The molecule has 3 N–H and O–H groups in total. The SMILES string of the molecule is CCCCN(Cc1ccc(CCCn2c(O)ccc2O)c(OC)c1)C(CC(=O)O)c1ccc(Cl)cc1. The highest BCUT2D eigenvalue weighted by Gasteiger charge is 2.24. The Hall–Kier alpha value is -3.16. The first kappa shape index (κ1) is 27.4. The van der Waals surface area contributed by atoms with Crippen molar-refractivity contribution in [1.82, 2.24) is 9.47 Å². The zero-order valence-corrected chi connectivity index (χ0v) is 21.6. The van der Waals surface area contributed by atoms with Gasteiger partial charge in [0.05, 0.1) is 13.5 Å². The molecule has 2 aromatic carbocycles. The summed E-state index contributed by atoms with van der Waals surface area (Å²) in [7, 11) is 1.64. The first-order valence-electron chi connectivity index (χ1n) is 12.3. The molecule has 0 amide bonds. The van der Waals surface area contributed by atoms with E-state index in [9.17, 15) is 20.1 Å². The Labute approximate surface area is 217 Å². The fraction of sp³-hybridized carbons (Fsp3) is 0.393. The number of carboxylic acid groups (broad SMARTS) is 1. The molecular weight excluding hydrogens is 480 g/mol. The maximum atomic E-state index is 11.7. The number of unbranched alkanes of at least 4 members (excludes halogenated alkanes) is 1. The van der Waals surface area contributed by atoms with Crippen molar-refractivity contribution in [3.05, 3.63) is 76.3 Å². The summed E-state index contributed by atoms with van der Waals surface area (Å²) >= 11 is 6.07. The van der Waals surface area contributed by atoms with Crippen molar-refractivity contribution >= 4 is 17.6 Å². The Balaban J connectivity index is 1.77. The average molecular weight is 515 g/mol. The zero-order valence-electron chi connectivity index (χ0n) is 20.9. The van der Waals surface area contributed by atoms with Gasteiger partial charge in [0, 0.05) is 36.3 Å². The van der Waals surface area contributed by atoms with E-state index in [2.05, 4.69) is 17.9 Å². The lowest BCUT2D eigenvalue weighted by atomic mass is 9.99. The molecule has 3 aromatic rings. The third kappa shape index (κ3) is 7.42. The van der Waals surface area contributed by atoms with Gasteiger partial charge in [0.25, 0.3) is 0 Å². The Morgan fingerprint density at radius 3 is 2.36 bits per heavy atom. The van der Waals surface area contributed by atoms with Crippen molar-refractivity contribution < 1.29 is 24.9 Å². The van der Waals surface area contributed by atoms with Crippen molar-refractivity contribution in [3.8, 4) is 17.5 Å². The van der Waals surface area contributed by atoms with Gasteiger partial charge in [-0.2, -0.15) is 0 Å². The monoisotopic (exact) mass is 514 g/mol. The van der Waals surface area contributed by atoms with Crippen molar-refractivity contribution in [2.45, 2.75) is 58.2 Å². The van der Waals surface area contributed by atoms with Crippen LogP contribution < -0.4 is 4.74 Å². The fourth-order valence-corrected chi connectivity index (χ4v) is 4.57. The minimum absolute atomic E-state index is 0.000349. The first-order valence-corrected chi connectivity index (χ1v) is 12.6. The molecule has 0 radical (unpaired) electrons. The number of carboxylic acids is 1. The number of aromatic hydroxyl groups is 2. The normalized spacial score (nSPS) is 12.1. The number of nitrogens with zero attached hydrogens (tertiary/aromatic N) is 2. The van der Waals surface area contributed by atoms with Gasteiger partial charge in [0.1, 0.15) is 5.75 Å². The molecule has 1 atom stereocenters. The molecule has 3 rings (SSSR count). The zero-order chi connectivity index (χ0) is 26.1. The Kier molecular flexibility index (Phi) is 10.1. The number of aliphatic carboxylic acids is 1. The molecule has 0 aliphatic heterocycles. The van der Waals surface area contributed by atoms with Crippen LogP contribution in [-0.2, 0) is 24.3 Å². The second-order valence-corrected chi connectivity index (χ2v) is 9.38. The van der Waals surface area contributed by atoms with Crippen LogP contribution >= 0.6 is 11.6 Å². The number of hydrogen-bond donors (Lipinski definition) is 3. The van der Waals surface area contributed by atoms with E-state index in [-0.39, 0.29) is 24.2 Å². The van der Waals surface area contributed by atoms with Crippen LogP contribution in [0.25, 0.3) is 0 Å². The summed E-state index contributed by atoms with van der Waals surface area (Å²) in [6, 6.07) is 16.2. The molecule has 1 aromatic heterocycles. The number of aryl methyl sites for hydroxylation is 1. The molecule has 0 saturated carbocycles. The van der Waals surface area contributed by atoms with Crippen LogP contribution in [0.2, 0.25) is 5.02 Å². The molecule has 0 bridgehead atoms. The molecular formula is C28H35ClN2O5. The number of carbonyl (C=O) groups is 1. The molecule has 0 spiro atoms. The second-order valence-electron chi connectivity index (χ2n) is 8.94. The molecule has 194 valence electrons. The van der Waals surface area contributed by atoms with Gasteiger partial charge in [0.15, 0.2) is 11.8 Å². The van der Waals surface area contributed by atoms with Gasteiger partial charge in [-0.15, -0.1) is 0 Å². The molecule has 0 aliphatic carbocycles. The van der Waals surface area contributed by atoms with E-state index < -0.39 is 5.97 Å². The van der Waals surface area contributed by atoms with Crippen LogP contribution in [0.1, 0.15) is 55.3 Å². The molecule has 7 nitrogen and oxygen atoms in total. The minimum Gasteiger partial charge on any atom is -0.496 e. The summed E-state index contributed by atoms with van der Waals surface area (Å²) < 4.78 is 7.14. The lowest BCUT2D eigenvalue weighted by Crippen LogP contribution is -2.31. The largest absolute Gasteiger partial charge is 0.496 e. The Bertz CT molecular complexity index is 1110. The Morgan fingerprint density at radius 1 is 1.06 bits per heavy atom. The van der Waals surface area contributed by atoms with Gasteiger partial charge in [-0.1, -0.05) is 49.2 Å². The molecule has 8 heteroatoms. The number of benzene rings is 2. The number of halogens is 1. The fourth-order valence-electron chi connectivity index (χ4n) is 4.45. The first-order chi connectivity index (χ1) is 17.3. The third-order valence-electron chi connectivity index (χ3n) is 6.36. The van der Waals surface area contributed by atoms with Crippen LogP contribution in [0.5, 0.6) is 17.5 Å². The summed E-state index contributed by atoms with van der Waals surface area (Å²) in [6.45, 7) is 3.96. The number of ether oxygens (including phenoxy) is 1. The van der Waals surface area contributed by atoms with Crippen molar-refractivity contribution in [1.29, 1.82) is 0 Å². The predicted octanol–water partition coefficient (Wildman–Crippen LogP) is 6.01. The van der Waals surface area contributed by atoms with Crippen molar-refractivity contribution in [2.75, 3.05) is 13.7 Å². The summed E-state index contributed by atoms with van der Waals surface area (Å²) in [5, 5.41) is 29.9. The van der Waals surface area contributed by atoms with Gasteiger partial charge >= 0.3 is 5.97 Å². The summed E-state index contributed by atoms with van der Waals surface area (Å²) in [6.07, 6.45) is 3.39. The van der Waals surface area contributed by atoms with Gasteiger partial charge in [-0.05, 0) is 60.7 Å². The number of hydrogen-bond acceptors (Lipinski definition) is 5. The van der Waals surface area contributed by atoms with Crippen molar-refractivity contribution in [3.63, 3.8) is 0 Å². The Morgan fingerprint density at radius 2 is 1.75 bits per heavy atom. The molecule has 0 saturated heterocycles. The average Bonchev–Trinajstić information content (AvgIpc) is 3.18. The highest BCUT2D eigenvalue weighted by Crippen LogP contribution is 2.30. The summed E-state index contributed by atoms with van der Waals surface area (Å²) in [5.74, 6) is 0.00600. The smallest absolute Gasteiger partial charge is 0.305 e. The molecule has 1 heterocycles. The van der Waals surface area contributed by atoms with E-state index in [0.717, 1.165) is 41.8 Å².